The van der Waals surface area contributed by atoms with Crippen LogP contribution in [-0.4, -0.2) is 28.3 Å². The monoisotopic (exact) mass is 372 g/mol. The molecule has 1 aromatic heterocycles. The SMILES string of the molecule is Cc1cc(C(F)(F)F)nn1CCNC(=O)[C@H]1Cc2cc(Cl)ccc2N1. The number of rotatable bonds is 4. The number of aryl methyl sites for hydroxylation is 1. The minimum absolute atomic E-state index is 0.166. The van der Waals surface area contributed by atoms with Gasteiger partial charge in [-0.2, -0.15) is 18.3 Å². The average molecular weight is 373 g/mol. The lowest BCUT2D eigenvalue weighted by Crippen LogP contribution is -2.39. The lowest BCUT2D eigenvalue weighted by atomic mass is 10.1. The van der Waals surface area contributed by atoms with Crippen molar-refractivity contribution in [2.45, 2.75) is 32.1 Å². The first-order valence-electron chi connectivity index (χ1n) is 7.68. The Kier molecular flexibility index (Phi) is 4.64. The molecule has 3 rings (SSSR count). The van der Waals surface area contributed by atoms with Gasteiger partial charge in [-0.1, -0.05) is 11.6 Å². The summed E-state index contributed by atoms with van der Waals surface area (Å²) in [6, 6.07) is 5.94. The number of hydrogen-bond acceptors (Lipinski definition) is 3. The van der Waals surface area contributed by atoms with Crippen molar-refractivity contribution in [1.82, 2.24) is 15.1 Å². The van der Waals surface area contributed by atoms with Crippen LogP contribution in [-0.2, 0) is 23.9 Å². The molecule has 25 heavy (non-hydrogen) atoms. The van der Waals surface area contributed by atoms with Gasteiger partial charge in [0.25, 0.3) is 0 Å². The van der Waals surface area contributed by atoms with Crippen LogP contribution in [0.1, 0.15) is 17.0 Å². The lowest BCUT2D eigenvalue weighted by molar-refractivity contribution is -0.141. The highest BCUT2D eigenvalue weighted by Crippen LogP contribution is 2.29. The first-order chi connectivity index (χ1) is 11.7. The number of nitrogens with one attached hydrogen (secondary N) is 2. The summed E-state index contributed by atoms with van der Waals surface area (Å²) >= 11 is 5.93. The van der Waals surface area contributed by atoms with Crippen LogP contribution in [0.15, 0.2) is 24.3 Å². The van der Waals surface area contributed by atoms with Crippen molar-refractivity contribution in [2.75, 3.05) is 11.9 Å². The molecule has 0 spiro atoms. The number of nitrogens with zero attached hydrogens (tertiary/aromatic N) is 2. The molecule has 0 bridgehead atoms. The Morgan fingerprint density at radius 1 is 1.44 bits per heavy atom. The standard InChI is InChI=1S/C16H16ClF3N4O/c1-9-6-14(16(18,19)20)23-24(9)5-4-21-15(25)13-8-10-7-11(17)2-3-12(10)22-13/h2-3,6-7,13,22H,4-5,8H2,1H3,(H,21,25)/t13-/m1/s1. The molecule has 0 saturated heterocycles. The van der Waals surface area contributed by atoms with Crippen LogP contribution >= 0.6 is 11.6 Å². The maximum Gasteiger partial charge on any atom is 0.435 e. The van der Waals surface area contributed by atoms with E-state index in [1.807, 2.05) is 12.1 Å². The van der Waals surface area contributed by atoms with Crippen molar-refractivity contribution >= 4 is 23.2 Å². The molecule has 1 atom stereocenters. The summed E-state index contributed by atoms with van der Waals surface area (Å²) in [7, 11) is 0. The number of hydrogen-bond donors (Lipinski definition) is 2. The first kappa shape index (κ1) is 17.6. The largest absolute Gasteiger partial charge is 0.435 e. The van der Waals surface area contributed by atoms with Crippen molar-refractivity contribution in [1.29, 1.82) is 0 Å². The van der Waals surface area contributed by atoms with Crippen molar-refractivity contribution in [3.8, 4) is 0 Å². The molecule has 0 radical (unpaired) electrons. The maximum atomic E-state index is 12.6. The molecule has 2 heterocycles. The molecular formula is C16H16ClF3N4O. The van der Waals surface area contributed by atoms with Crippen molar-refractivity contribution in [2.24, 2.45) is 0 Å². The normalized spacial score (nSPS) is 16.4. The second kappa shape index (κ2) is 6.59. The van der Waals surface area contributed by atoms with Gasteiger partial charge in [0.05, 0.1) is 6.54 Å². The number of carbonyl (C=O) groups is 1. The molecule has 1 amide bonds. The third-order valence-electron chi connectivity index (χ3n) is 4.03. The van der Waals surface area contributed by atoms with E-state index in [0.717, 1.165) is 17.3 Å². The molecule has 2 aromatic rings. The van der Waals surface area contributed by atoms with Crippen LogP contribution in [0.4, 0.5) is 18.9 Å². The zero-order chi connectivity index (χ0) is 18.2. The molecular weight excluding hydrogens is 357 g/mol. The van der Waals surface area contributed by atoms with Gasteiger partial charge in [-0.05, 0) is 36.8 Å². The van der Waals surface area contributed by atoms with E-state index in [4.69, 9.17) is 11.6 Å². The predicted molar refractivity (Wildman–Crippen MR) is 87.5 cm³/mol. The number of carbonyl (C=O) groups excluding carboxylic acids is 1. The number of aromatic nitrogens is 2. The number of amides is 1. The molecule has 1 aliphatic rings. The van der Waals surface area contributed by atoms with Crippen molar-refractivity contribution in [3.05, 3.63) is 46.2 Å². The summed E-state index contributed by atoms with van der Waals surface area (Å²) in [5, 5.41) is 9.96. The Morgan fingerprint density at radius 3 is 2.88 bits per heavy atom. The van der Waals surface area contributed by atoms with Gasteiger partial charge in [0.2, 0.25) is 5.91 Å². The van der Waals surface area contributed by atoms with Gasteiger partial charge in [-0.25, -0.2) is 0 Å². The summed E-state index contributed by atoms with van der Waals surface area (Å²) in [5.41, 5.74) is 1.29. The zero-order valence-corrected chi connectivity index (χ0v) is 14.1. The highest BCUT2D eigenvalue weighted by Gasteiger charge is 2.34. The van der Waals surface area contributed by atoms with E-state index in [0.29, 0.717) is 17.1 Å². The highest BCUT2D eigenvalue weighted by atomic mass is 35.5. The topological polar surface area (TPSA) is 59.0 Å². The van der Waals surface area contributed by atoms with Crippen LogP contribution in [0.3, 0.4) is 0 Å². The van der Waals surface area contributed by atoms with Gasteiger partial charge in [-0.3, -0.25) is 9.48 Å². The molecule has 1 aromatic carbocycles. The van der Waals surface area contributed by atoms with Gasteiger partial charge in [0, 0.05) is 29.4 Å². The number of fused-ring (bicyclic) bond motifs is 1. The number of alkyl halides is 3. The molecule has 0 fully saturated rings. The summed E-state index contributed by atoms with van der Waals surface area (Å²) in [6.07, 6.45) is -3.96. The van der Waals surface area contributed by atoms with Gasteiger partial charge >= 0.3 is 6.18 Å². The van der Waals surface area contributed by atoms with E-state index >= 15 is 0 Å². The highest BCUT2D eigenvalue weighted by molar-refractivity contribution is 6.30. The quantitative estimate of drug-likeness (QED) is 0.867. The molecule has 134 valence electrons. The second-order valence-electron chi connectivity index (χ2n) is 5.89. The molecule has 9 heteroatoms. The van der Waals surface area contributed by atoms with Gasteiger partial charge in [0.15, 0.2) is 5.69 Å². The van der Waals surface area contributed by atoms with Crippen LogP contribution < -0.4 is 10.6 Å². The Morgan fingerprint density at radius 2 is 2.20 bits per heavy atom. The fourth-order valence-corrected chi connectivity index (χ4v) is 2.97. The third kappa shape index (κ3) is 3.89. The third-order valence-corrected chi connectivity index (χ3v) is 4.27. The number of benzene rings is 1. The Labute approximate surface area is 147 Å². The van der Waals surface area contributed by atoms with Crippen molar-refractivity contribution in [3.63, 3.8) is 0 Å². The van der Waals surface area contributed by atoms with E-state index in [2.05, 4.69) is 15.7 Å². The molecule has 5 nitrogen and oxygen atoms in total. The maximum absolute atomic E-state index is 12.6. The van der Waals surface area contributed by atoms with Crippen LogP contribution in [0.25, 0.3) is 0 Å². The Bertz CT molecular complexity index is 803. The molecule has 1 aliphatic heterocycles. The number of halogens is 4. The molecule has 0 aliphatic carbocycles. The van der Waals surface area contributed by atoms with E-state index in [1.54, 1.807) is 13.0 Å². The average Bonchev–Trinajstić information content (AvgIpc) is 3.10. The lowest BCUT2D eigenvalue weighted by Gasteiger charge is -2.12. The smallest absolute Gasteiger partial charge is 0.373 e. The zero-order valence-electron chi connectivity index (χ0n) is 13.3. The van der Waals surface area contributed by atoms with Crippen LogP contribution in [0.2, 0.25) is 5.02 Å². The molecule has 2 N–H and O–H groups in total. The van der Waals surface area contributed by atoms with Gasteiger partial charge in [-0.15, -0.1) is 0 Å². The van der Waals surface area contributed by atoms with Crippen molar-refractivity contribution < 1.29 is 18.0 Å². The predicted octanol–water partition coefficient (Wildman–Crippen LogP) is 3.02. The summed E-state index contributed by atoms with van der Waals surface area (Å²) in [6.45, 7) is 1.90. The van der Waals surface area contributed by atoms with Gasteiger partial charge < -0.3 is 10.6 Å². The van der Waals surface area contributed by atoms with E-state index in [-0.39, 0.29) is 19.0 Å². The summed E-state index contributed by atoms with van der Waals surface area (Å²) < 4.78 is 39.1. The minimum atomic E-state index is -4.47. The van der Waals surface area contributed by atoms with Gasteiger partial charge in [0.1, 0.15) is 6.04 Å². The first-order valence-corrected chi connectivity index (χ1v) is 8.06. The fraction of sp³-hybridized carbons (Fsp3) is 0.375. The van der Waals surface area contributed by atoms with E-state index in [1.165, 1.54) is 4.68 Å². The Balaban J connectivity index is 1.53. The molecule has 0 saturated carbocycles. The van der Waals surface area contributed by atoms with E-state index in [9.17, 15) is 18.0 Å². The summed E-state index contributed by atoms with van der Waals surface area (Å²) in [4.78, 5) is 12.2. The fourth-order valence-electron chi connectivity index (χ4n) is 2.77. The second-order valence-corrected chi connectivity index (χ2v) is 6.32. The molecule has 0 unspecified atom stereocenters. The van der Waals surface area contributed by atoms with Crippen LogP contribution in [0, 0.1) is 6.92 Å². The minimum Gasteiger partial charge on any atom is -0.373 e. The number of anilines is 1. The summed E-state index contributed by atoms with van der Waals surface area (Å²) in [5.74, 6) is -0.215. The Hall–Kier alpha value is -2.22. The van der Waals surface area contributed by atoms with Crippen LogP contribution in [0.5, 0.6) is 0 Å². The van der Waals surface area contributed by atoms with E-state index < -0.39 is 17.9 Å².